The van der Waals surface area contributed by atoms with E-state index in [0.29, 0.717) is 18.2 Å². The van der Waals surface area contributed by atoms with Crippen molar-refractivity contribution < 1.29 is 37.6 Å². The lowest BCUT2D eigenvalue weighted by atomic mass is 9.74. The summed E-state index contributed by atoms with van der Waals surface area (Å²) in [6.07, 6.45) is -3.36. The first kappa shape index (κ1) is 28.1. The van der Waals surface area contributed by atoms with Crippen molar-refractivity contribution in [3.05, 3.63) is 65.5 Å². The minimum Gasteiger partial charge on any atom is -0.426 e. The molecule has 1 aliphatic heterocycles. The molecule has 9 nitrogen and oxygen atoms in total. The highest BCUT2D eigenvalue weighted by Crippen LogP contribution is 2.30. The first-order valence-corrected chi connectivity index (χ1v) is 11.7. The third kappa shape index (κ3) is 7.52. The van der Waals surface area contributed by atoms with Crippen LogP contribution in [0.5, 0.6) is 0 Å². The lowest BCUT2D eigenvalue weighted by Crippen LogP contribution is -2.56. The number of hydrogen-bond donors (Lipinski definition) is 4. The number of amides is 2. The number of nitrogens with zero attached hydrogens (tertiary/aromatic N) is 2. The fourth-order valence-electron chi connectivity index (χ4n) is 3.91. The van der Waals surface area contributed by atoms with E-state index in [4.69, 9.17) is 4.84 Å². The van der Waals surface area contributed by atoms with E-state index in [-0.39, 0.29) is 30.9 Å². The van der Waals surface area contributed by atoms with Crippen molar-refractivity contribution in [2.45, 2.75) is 50.8 Å². The van der Waals surface area contributed by atoms with Gasteiger partial charge in [-0.05, 0) is 30.0 Å². The smallest absolute Gasteiger partial charge is 0.426 e. The summed E-state index contributed by atoms with van der Waals surface area (Å²) < 4.78 is 38.1. The molecule has 1 aliphatic rings. The summed E-state index contributed by atoms with van der Waals surface area (Å²) in [7, 11) is -1.78. The van der Waals surface area contributed by atoms with Crippen LogP contribution in [-0.2, 0) is 22.2 Å². The van der Waals surface area contributed by atoms with Gasteiger partial charge in [0.2, 0.25) is 5.60 Å². The molecule has 2 heterocycles. The molecule has 3 rings (SSSR count). The fourth-order valence-corrected chi connectivity index (χ4v) is 3.91. The molecule has 1 unspecified atom stereocenters. The van der Waals surface area contributed by atoms with Crippen molar-refractivity contribution in [1.29, 1.82) is 0 Å². The number of pyridine rings is 1. The van der Waals surface area contributed by atoms with E-state index >= 15 is 0 Å². The van der Waals surface area contributed by atoms with Crippen LogP contribution in [0.2, 0.25) is 0 Å². The average Bonchev–Trinajstić information content (AvgIpc) is 3.26. The van der Waals surface area contributed by atoms with Crippen molar-refractivity contribution in [1.82, 2.24) is 15.6 Å². The van der Waals surface area contributed by atoms with Gasteiger partial charge in [0.15, 0.2) is 0 Å². The second kappa shape index (κ2) is 11.7. The van der Waals surface area contributed by atoms with Crippen LogP contribution in [0.1, 0.15) is 48.3 Å². The molecular formula is C24H28BF3N4O5. The van der Waals surface area contributed by atoms with Crippen LogP contribution in [0.25, 0.3) is 0 Å². The Morgan fingerprint density at radius 1 is 1.16 bits per heavy atom. The summed E-state index contributed by atoms with van der Waals surface area (Å²) >= 11 is 0. The summed E-state index contributed by atoms with van der Waals surface area (Å²) in [6.45, 7) is 3.63. The maximum absolute atomic E-state index is 13.4. The van der Waals surface area contributed by atoms with Gasteiger partial charge in [0.1, 0.15) is 5.69 Å². The minimum atomic E-state index is -4.62. The summed E-state index contributed by atoms with van der Waals surface area (Å²) in [4.78, 5) is 34.7. The van der Waals surface area contributed by atoms with Gasteiger partial charge in [-0.1, -0.05) is 49.3 Å². The normalized spacial score (nSPS) is 18.1. The van der Waals surface area contributed by atoms with Crippen molar-refractivity contribution >= 4 is 24.6 Å². The Labute approximate surface area is 212 Å². The Bertz CT molecular complexity index is 1110. The number of alkyl halides is 3. The molecule has 0 spiro atoms. The summed E-state index contributed by atoms with van der Waals surface area (Å²) in [5.74, 6) is -2.12. The molecule has 0 bridgehead atoms. The summed E-state index contributed by atoms with van der Waals surface area (Å²) in [5, 5.41) is 28.7. The molecule has 0 fully saturated rings. The molecule has 1 aromatic heterocycles. The quantitative estimate of drug-likeness (QED) is 0.355. The number of halogens is 3. The molecule has 4 N–H and O–H groups in total. The van der Waals surface area contributed by atoms with E-state index in [1.54, 1.807) is 12.1 Å². The molecule has 2 amide bonds. The predicted molar refractivity (Wildman–Crippen MR) is 129 cm³/mol. The third-order valence-electron chi connectivity index (χ3n) is 5.76. The monoisotopic (exact) mass is 520 g/mol. The lowest BCUT2D eigenvalue weighted by molar-refractivity contribution is -0.144. The second-order valence-electron chi connectivity index (χ2n) is 9.32. The van der Waals surface area contributed by atoms with Gasteiger partial charge in [0.25, 0.3) is 11.8 Å². The number of hydrogen-bond acceptors (Lipinski definition) is 7. The maximum atomic E-state index is 13.4. The second-order valence-corrected chi connectivity index (χ2v) is 9.32. The first-order chi connectivity index (χ1) is 17.4. The Hall–Kier alpha value is -3.45. The Morgan fingerprint density at radius 3 is 2.43 bits per heavy atom. The van der Waals surface area contributed by atoms with E-state index < -0.39 is 42.3 Å². The summed E-state index contributed by atoms with van der Waals surface area (Å²) in [5.41, 5.74) is -1.59. The Balaban J connectivity index is 1.70. The van der Waals surface area contributed by atoms with Crippen LogP contribution in [0, 0.1) is 5.92 Å². The number of nitrogens with one attached hydrogen (secondary N) is 2. The first-order valence-electron chi connectivity index (χ1n) is 11.7. The van der Waals surface area contributed by atoms with Gasteiger partial charge in [0, 0.05) is 19.0 Å². The highest BCUT2D eigenvalue weighted by molar-refractivity contribution is 6.43. The van der Waals surface area contributed by atoms with Crippen LogP contribution < -0.4 is 10.6 Å². The number of carbonyl (C=O) groups is 2. The number of benzene rings is 1. The fraction of sp³-hybridized carbons (Fsp3) is 0.417. The molecule has 37 heavy (non-hydrogen) atoms. The third-order valence-corrected chi connectivity index (χ3v) is 5.76. The van der Waals surface area contributed by atoms with Crippen LogP contribution >= 0.6 is 0 Å². The maximum Gasteiger partial charge on any atom is 0.475 e. The largest absolute Gasteiger partial charge is 0.475 e. The van der Waals surface area contributed by atoms with Gasteiger partial charge in [-0.2, -0.15) is 13.2 Å². The molecule has 0 saturated heterocycles. The van der Waals surface area contributed by atoms with Gasteiger partial charge in [0.05, 0.1) is 23.8 Å². The topological polar surface area (TPSA) is 133 Å². The van der Waals surface area contributed by atoms with Crippen molar-refractivity contribution in [2.75, 3.05) is 6.54 Å². The molecular weight excluding hydrogens is 492 g/mol. The van der Waals surface area contributed by atoms with Crippen LogP contribution in [0.4, 0.5) is 13.2 Å². The van der Waals surface area contributed by atoms with E-state index in [1.807, 2.05) is 32.0 Å². The van der Waals surface area contributed by atoms with E-state index in [9.17, 15) is 32.8 Å². The Kier molecular flexibility index (Phi) is 8.92. The molecule has 13 heteroatoms. The number of oxime groups is 1. The molecule has 0 radical (unpaired) electrons. The molecule has 2 atom stereocenters. The van der Waals surface area contributed by atoms with Crippen molar-refractivity contribution in [3.8, 4) is 0 Å². The number of carbonyl (C=O) groups excluding carboxylic acids is 2. The van der Waals surface area contributed by atoms with Crippen molar-refractivity contribution in [2.24, 2.45) is 11.1 Å². The zero-order valence-corrected chi connectivity index (χ0v) is 20.3. The number of rotatable bonds is 10. The van der Waals surface area contributed by atoms with Crippen LogP contribution in [-0.4, -0.2) is 57.8 Å². The molecule has 0 aliphatic carbocycles. The average molecular weight is 520 g/mol. The predicted octanol–water partition coefficient (Wildman–Crippen LogP) is 2.13. The zero-order valence-electron chi connectivity index (χ0n) is 20.3. The molecule has 2 aromatic rings. The zero-order chi connectivity index (χ0) is 27.2. The van der Waals surface area contributed by atoms with Gasteiger partial charge in [-0.3, -0.25) is 14.6 Å². The molecule has 198 valence electrons. The molecule has 0 saturated carbocycles. The minimum absolute atomic E-state index is 0.00477. The highest BCUT2D eigenvalue weighted by Gasteiger charge is 2.48. The standard InChI is InChI=1S/C24H28BF3N4O5/c1-15(2)10-20(25(35)36)31-22(34)23(11-16-6-4-3-5-7-16)12-18(32-37-23)14-30-21(33)17-8-9-19(29-13-17)24(26,27)28/h3-9,13,15,20,35-36H,10-12,14H2,1-2H3,(H,30,33)(H,31,34)/t20-,23?/m0/s1. The van der Waals surface area contributed by atoms with Gasteiger partial charge in [-0.15, -0.1) is 0 Å². The molecule has 1 aromatic carbocycles. The van der Waals surface area contributed by atoms with E-state index in [2.05, 4.69) is 20.8 Å². The Morgan fingerprint density at radius 2 is 1.86 bits per heavy atom. The lowest BCUT2D eigenvalue weighted by Gasteiger charge is -2.29. The van der Waals surface area contributed by atoms with Crippen molar-refractivity contribution in [3.63, 3.8) is 0 Å². The summed E-state index contributed by atoms with van der Waals surface area (Å²) in [6, 6.07) is 10.8. The van der Waals surface area contributed by atoms with Crippen LogP contribution in [0.3, 0.4) is 0 Å². The van der Waals surface area contributed by atoms with E-state index in [0.717, 1.165) is 17.8 Å². The highest BCUT2D eigenvalue weighted by atomic mass is 19.4. The number of aromatic nitrogens is 1. The van der Waals surface area contributed by atoms with Gasteiger partial charge >= 0.3 is 13.3 Å². The van der Waals surface area contributed by atoms with E-state index in [1.165, 1.54) is 0 Å². The van der Waals surface area contributed by atoms with Crippen LogP contribution in [0.15, 0.2) is 53.8 Å². The van der Waals surface area contributed by atoms with Gasteiger partial charge < -0.3 is 25.5 Å². The SMILES string of the molecule is CC(C)C[C@H](NC(=O)C1(Cc2ccccc2)CC(CNC(=O)c2ccc(C(F)(F)F)nc2)=NO1)B(O)O. The van der Waals surface area contributed by atoms with Gasteiger partial charge in [-0.25, -0.2) is 0 Å².